The molecule has 0 saturated carbocycles. The number of rotatable bonds is 15. The Labute approximate surface area is 273 Å². The van der Waals surface area contributed by atoms with Crippen LogP contribution >= 0.6 is 0 Å². The normalized spacial score (nSPS) is 11.3. The van der Waals surface area contributed by atoms with Gasteiger partial charge >= 0.3 is 12.1 Å². The van der Waals surface area contributed by atoms with E-state index in [-0.39, 0.29) is 43.9 Å². The monoisotopic (exact) mass is 640 g/mol. The first kappa shape index (κ1) is 34.4. The van der Waals surface area contributed by atoms with E-state index in [0.29, 0.717) is 29.0 Å². The van der Waals surface area contributed by atoms with Crippen LogP contribution in [0, 0.1) is 5.53 Å². The average molecular weight is 641 g/mol. The van der Waals surface area contributed by atoms with Crippen molar-refractivity contribution < 1.29 is 23.9 Å². The van der Waals surface area contributed by atoms with E-state index in [4.69, 9.17) is 20.0 Å². The number of carbonyl (C=O) groups excluding carboxylic acids is 3. The number of fused-ring (bicyclic) bond motifs is 1. The number of esters is 1. The van der Waals surface area contributed by atoms with E-state index in [0.717, 1.165) is 42.7 Å². The van der Waals surface area contributed by atoms with E-state index in [1.165, 1.54) is 4.90 Å². The van der Waals surface area contributed by atoms with Crippen LogP contribution in [0.15, 0.2) is 77.0 Å². The van der Waals surface area contributed by atoms with Crippen LogP contribution in [0.25, 0.3) is 11.0 Å². The third kappa shape index (κ3) is 9.52. The van der Waals surface area contributed by atoms with Gasteiger partial charge in [0.1, 0.15) is 11.6 Å². The molecule has 0 radical (unpaired) electrons. The number of hydrogen-bond acceptors (Lipinski definition) is 9. The summed E-state index contributed by atoms with van der Waals surface area (Å²) in [4.78, 5) is 52.1. The molecule has 4 rings (SSSR count). The number of unbranched alkanes of at least 4 members (excludes halogenated alkanes) is 3. The van der Waals surface area contributed by atoms with Gasteiger partial charge in [-0.1, -0.05) is 32.3 Å². The highest BCUT2D eigenvalue weighted by molar-refractivity contribution is 6.07. The minimum atomic E-state index is -0.762. The Morgan fingerprint density at radius 3 is 2.47 bits per heavy atom. The van der Waals surface area contributed by atoms with E-state index in [9.17, 15) is 14.4 Å². The lowest BCUT2D eigenvalue weighted by molar-refractivity contribution is -0.142. The van der Waals surface area contributed by atoms with Gasteiger partial charge in [0.15, 0.2) is 5.84 Å². The summed E-state index contributed by atoms with van der Waals surface area (Å²) in [5.41, 5.74) is 10.7. The molecule has 13 nitrogen and oxygen atoms in total. The van der Waals surface area contributed by atoms with Gasteiger partial charge in [0, 0.05) is 36.6 Å². The number of nitrogens with zero attached hydrogens (tertiary/aromatic N) is 6. The Morgan fingerprint density at radius 1 is 0.979 bits per heavy atom. The molecule has 0 unspecified atom stereocenters. The Kier molecular flexibility index (Phi) is 12.7. The van der Waals surface area contributed by atoms with Crippen LogP contribution in [0.2, 0.25) is 0 Å². The number of pyridine rings is 1. The number of anilines is 2. The maximum atomic E-state index is 13.6. The number of nitrogens with one attached hydrogen (secondary N) is 2. The summed E-state index contributed by atoms with van der Waals surface area (Å²) in [6.07, 6.45) is 4.81. The number of benzene rings is 2. The summed E-state index contributed by atoms with van der Waals surface area (Å²) in [5, 5.41) is 6.73. The van der Waals surface area contributed by atoms with Gasteiger partial charge in [0.2, 0.25) is 0 Å². The third-order valence-corrected chi connectivity index (χ3v) is 7.36. The number of amidine groups is 1. The number of amides is 2. The van der Waals surface area contributed by atoms with Gasteiger partial charge < -0.3 is 19.4 Å². The van der Waals surface area contributed by atoms with Crippen LogP contribution in [-0.4, -0.2) is 58.1 Å². The van der Waals surface area contributed by atoms with E-state index < -0.39 is 6.09 Å². The molecule has 0 bridgehead atoms. The summed E-state index contributed by atoms with van der Waals surface area (Å²) in [6.45, 7) is 4.92. The van der Waals surface area contributed by atoms with Crippen molar-refractivity contribution in [2.24, 2.45) is 17.2 Å². The van der Waals surface area contributed by atoms with Gasteiger partial charge in [-0.15, -0.1) is 5.11 Å². The zero-order chi connectivity index (χ0) is 33.6. The lowest BCUT2D eigenvalue weighted by Crippen LogP contribution is -2.34. The minimum absolute atomic E-state index is 0.0293. The van der Waals surface area contributed by atoms with Gasteiger partial charge in [-0.3, -0.25) is 14.5 Å². The van der Waals surface area contributed by atoms with Crippen LogP contribution in [-0.2, 0) is 27.9 Å². The zero-order valence-corrected chi connectivity index (χ0v) is 26.9. The lowest BCUT2D eigenvalue weighted by atomic mass is 10.1. The number of aryl methyl sites for hydroxylation is 1. The second-order valence-electron chi connectivity index (χ2n) is 10.6. The number of hydrogen-bond donors (Lipinski definition) is 2. The predicted octanol–water partition coefficient (Wildman–Crippen LogP) is 6.67. The lowest BCUT2D eigenvalue weighted by Gasteiger charge is -2.21. The van der Waals surface area contributed by atoms with Gasteiger partial charge in [0.25, 0.3) is 5.91 Å². The third-order valence-electron chi connectivity index (χ3n) is 7.36. The molecule has 4 aromatic rings. The molecule has 2 aromatic heterocycles. The van der Waals surface area contributed by atoms with Gasteiger partial charge in [-0.2, -0.15) is 4.99 Å². The molecule has 13 heteroatoms. The molecule has 0 aliphatic carbocycles. The number of ether oxygens (including phenoxy) is 2. The molecule has 246 valence electrons. The van der Waals surface area contributed by atoms with E-state index in [2.05, 4.69) is 27.3 Å². The molecule has 0 aliphatic rings. The molecule has 2 N–H and O–H groups in total. The van der Waals surface area contributed by atoms with Gasteiger partial charge in [-0.05, 0) is 67.9 Å². The first-order valence-corrected chi connectivity index (χ1v) is 15.7. The SMILES string of the molecule is CCCCCCOC(=O)N=C(N=N)c1ccc(NCc2nc3cc(C(=O)N(CCC(=O)OCC)c4ccccn4)ccc3n2C)cc1. The Morgan fingerprint density at radius 2 is 1.77 bits per heavy atom. The largest absolute Gasteiger partial charge is 0.466 e. The highest BCUT2D eigenvalue weighted by Crippen LogP contribution is 2.21. The molecule has 0 fully saturated rings. The van der Waals surface area contributed by atoms with Crippen molar-refractivity contribution in [3.05, 3.63) is 83.8 Å². The summed E-state index contributed by atoms with van der Waals surface area (Å²) in [6, 6.07) is 17.6. The van der Waals surface area contributed by atoms with E-state index in [1.54, 1.807) is 67.7 Å². The summed E-state index contributed by atoms with van der Waals surface area (Å²) >= 11 is 0. The molecule has 0 spiro atoms. The number of imidazole rings is 1. The maximum Gasteiger partial charge on any atom is 0.435 e. The van der Waals surface area contributed by atoms with Crippen molar-refractivity contribution in [1.29, 1.82) is 5.53 Å². The number of carbonyl (C=O) groups is 3. The fourth-order valence-corrected chi connectivity index (χ4v) is 4.85. The van der Waals surface area contributed by atoms with Gasteiger partial charge in [-0.25, -0.2) is 20.3 Å². The van der Waals surface area contributed by atoms with Crippen molar-refractivity contribution in [2.75, 3.05) is 30.0 Å². The average Bonchev–Trinajstić information content (AvgIpc) is 3.41. The number of aromatic nitrogens is 3. The van der Waals surface area contributed by atoms with Crippen molar-refractivity contribution in [3.8, 4) is 0 Å². The van der Waals surface area contributed by atoms with E-state index in [1.807, 2.05) is 17.7 Å². The van der Waals surface area contributed by atoms with Crippen LogP contribution in [0.4, 0.5) is 16.3 Å². The molecule has 2 heterocycles. The highest BCUT2D eigenvalue weighted by Gasteiger charge is 2.21. The summed E-state index contributed by atoms with van der Waals surface area (Å²) in [7, 11) is 1.90. The van der Waals surface area contributed by atoms with Crippen molar-refractivity contribution in [1.82, 2.24) is 14.5 Å². The maximum absolute atomic E-state index is 13.6. The summed E-state index contributed by atoms with van der Waals surface area (Å²) < 4.78 is 12.1. The molecular weight excluding hydrogens is 600 g/mol. The molecule has 0 aliphatic heterocycles. The number of aliphatic imine (C=N–C) groups is 1. The van der Waals surface area contributed by atoms with Crippen LogP contribution in [0.3, 0.4) is 0 Å². The van der Waals surface area contributed by atoms with Crippen molar-refractivity contribution >= 4 is 46.3 Å². The molecule has 2 aromatic carbocycles. The molecule has 47 heavy (non-hydrogen) atoms. The molecule has 2 amide bonds. The highest BCUT2D eigenvalue weighted by atomic mass is 16.5. The first-order valence-electron chi connectivity index (χ1n) is 15.7. The molecule has 0 atom stereocenters. The van der Waals surface area contributed by atoms with Crippen molar-refractivity contribution in [2.45, 2.75) is 52.5 Å². The topological polar surface area (TPSA) is 164 Å². The van der Waals surface area contributed by atoms with Crippen molar-refractivity contribution in [3.63, 3.8) is 0 Å². The molecule has 0 saturated heterocycles. The van der Waals surface area contributed by atoms with Crippen LogP contribution in [0.1, 0.15) is 67.7 Å². The van der Waals surface area contributed by atoms with Gasteiger partial charge in [0.05, 0.1) is 37.2 Å². The molecular formula is C34H40N8O5. The first-order chi connectivity index (χ1) is 22.8. The predicted molar refractivity (Wildman–Crippen MR) is 179 cm³/mol. The summed E-state index contributed by atoms with van der Waals surface area (Å²) in [5.74, 6) is 0.455. The quantitative estimate of drug-likeness (QED) is 0.0478. The van der Waals surface area contributed by atoms with Crippen LogP contribution < -0.4 is 10.2 Å². The fourth-order valence-electron chi connectivity index (χ4n) is 4.85. The second kappa shape index (κ2) is 17.3. The second-order valence-corrected chi connectivity index (χ2v) is 10.6. The smallest absolute Gasteiger partial charge is 0.435 e. The Bertz CT molecular complexity index is 1700. The van der Waals surface area contributed by atoms with Crippen LogP contribution in [0.5, 0.6) is 0 Å². The minimum Gasteiger partial charge on any atom is -0.466 e. The standard InChI is InChI=1S/C34H40N8O5/c1-4-6-7-10-21-47-34(45)39-32(40-35)24-12-15-26(16-13-24)37-23-30-38-27-22-25(14-17-28(27)41(30)3)33(44)42(20-18-31(43)46-5-2)29-11-8-9-19-36-29/h8-9,11-17,19,22,35,37H,4-7,10,18,20-21,23H2,1-3H3. The fraction of sp³-hybridized carbons (Fsp3) is 0.353. The van der Waals surface area contributed by atoms with E-state index >= 15 is 0 Å². The Hall–Kier alpha value is -5.46. The Balaban J connectivity index is 1.42. The zero-order valence-electron chi connectivity index (χ0n) is 26.9.